The Morgan fingerprint density at radius 3 is 2.58 bits per heavy atom. The van der Waals surface area contributed by atoms with Crippen LogP contribution in [0.2, 0.25) is 0 Å². The smallest absolute Gasteiger partial charge is 0.164 e. The van der Waals surface area contributed by atoms with E-state index in [4.69, 9.17) is 0 Å². The molecule has 0 saturated heterocycles. The van der Waals surface area contributed by atoms with Gasteiger partial charge in [0.05, 0.1) is 5.57 Å². The summed E-state index contributed by atoms with van der Waals surface area (Å²) >= 11 is 0. The molecule has 0 fully saturated rings. The third-order valence-corrected chi connectivity index (χ3v) is 2.03. The van der Waals surface area contributed by atoms with E-state index in [1.54, 1.807) is 7.05 Å². The molecule has 12 heavy (non-hydrogen) atoms. The van der Waals surface area contributed by atoms with E-state index in [9.17, 15) is 9.90 Å². The fourth-order valence-corrected chi connectivity index (χ4v) is 1.47. The number of nitrogens with zero attached hydrogens (tertiary/aromatic N) is 1. The molecule has 0 aromatic heterocycles. The molecule has 1 aliphatic carbocycles. The molecule has 1 aliphatic rings. The van der Waals surface area contributed by atoms with Crippen LogP contribution in [0.25, 0.3) is 0 Å². The number of hydrogen-bond acceptors (Lipinski definition) is 3. The molecule has 0 bridgehead atoms. The largest absolute Gasteiger partial charge is 0.511 e. The fraction of sp³-hybridized carbons (Fsp3) is 0.556. The molecule has 0 spiro atoms. The fourth-order valence-electron chi connectivity index (χ4n) is 1.47. The van der Waals surface area contributed by atoms with Crippen molar-refractivity contribution in [3.8, 4) is 0 Å². The van der Waals surface area contributed by atoms with Gasteiger partial charge in [0.15, 0.2) is 5.78 Å². The van der Waals surface area contributed by atoms with E-state index >= 15 is 0 Å². The molecular weight excluding hydrogens is 154 g/mol. The third kappa shape index (κ3) is 1.55. The highest BCUT2D eigenvalue weighted by Crippen LogP contribution is 2.21. The lowest BCUT2D eigenvalue weighted by atomic mass is 9.93. The van der Waals surface area contributed by atoms with Crippen LogP contribution in [0.15, 0.2) is 16.3 Å². The van der Waals surface area contributed by atoms with Crippen LogP contribution in [0, 0.1) is 0 Å². The molecule has 66 valence electrons. The Morgan fingerprint density at radius 2 is 2.17 bits per heavy atom. The Kier molecular flexibility index (Phi) is 2.63. The van der Waals surface area contributed by atoms with Crippen LogP contribution in [0.1, 0.15) is 26.2 Å². The van der Waals surface area contributed by atoms with E-state index in [-0.39, 0.29) is 11.5 Å². The van der Waals surface area contributed by atoms with Crippen molar-refractivity contribution in [2.24, 2.45) is 4.99 Å². The summed E-state index contributed by atoms with van der Waals surface area (Å²) in [5, 5.41) is 9.42. The highest BCUT2D eigenvalue weighted by molar-refractivity contribution is 6.22. The van der Waals surface area contributed by atoms with Crippen molar-refractivity contribution in [3.63, 3.8) is 0 Å². The van der Waals surface area contributed by atoms with Gasteiger partial charge in [-0.15, -0.1) is 0 Å². The van der Waals surface area contributed by atoms with Gasteiger partial charge in [0.25, 0.3) is 0 Å². The average molecular weight is 167 g/mol. The Hall–Kier alpha value is -1.12. The highest BCUT2D eigenvalue weighted by Gasteiger charge is 2.20. The number of hydrogen-bond donors (Lipinski definition) is 1. The summed E-state index contributed by atoms with van der Waals surface area (Å²) in [5.41, 5.74) is 1.18. The number of aliphatic hydroxyl groups excluding tert-OH is 1. The van der Waals surface area contributed by atoms with Crippen molar-refractivity contribution >= 4 is 11.5 Å². The number of carbonyl (C=O) groups is 1. The van der Waals surface area contributed by atoms with Crippen molar-refractivity contribution in [3.05, 3.63) is 11.3 Å². The number of ketones is 1. The van der Waals surface area contributed by atoms with Crippen LogP contribution in [0.4, 0.5) is 0 Å². The van der Waals surface area contributed by atoms with Crippen molar-refractivity contribution in [1.82, 2.24) is 0 Å². The van der Waals surface area contributed by atoms with Crippen LogP contribution in [-0.4, -0.2) is 23.6 Å². The molecule has 0 radical (unpaired) electrons. The van der Waals surface area contributed by atoms with Crippen LogP contribution >= 0.6 is 0 Å². The predicted octanol–water partition coefficient (Wildman–Crippen LogP) is 1.64. The zero-order valence-corrected chi connectivity index (χ0v) is 7.42. The zero-order chi connectivity index (χ0) is 9.14. The summed E-state index contributed by atoms with van der Waals surface area (Å²) in [6.45, 7) is 1.46. The van der Waals surface area contributed by atoms with E-state index in [0.717, 1.165) is 18.6 Å². The normalized spacial score (nSPS) is 21.7. The average Bonchev–Trinajstić information content (AvgIpc) is 2.03. The van der Waals surface area contributed by atoms with Gasteiger partial charge in [0.2, 0.25) is 0 Å². The summed E-state index contributed by atoms with van der Waals surface area (Å²) < 4.78 is 0. The maximum atomic E-state index is 11.1. The molecule has 3 heteroatoms. The molecule has 0 saturated carbocycles. The van der Waals surface area contributed by atoms with Crippen LogP contribution < -0.4 is 0 Å². The Bertz CT molecular complexity index is 264. The number of aliphatic imine (C=N–C) groups is 1. The number of rotatable bonds is 1. The van der Waals surface area contributed by atoms with Crippen molar-refractivity contribution < 1.29 is 9.90 Å². The molecule has 0 unspecified atom stereocenters. The molecule has 1 N–H and O–H groups in total. The first-order valence-corrected chi connectivity index (χ1v) is 4.06. The van der Waals surface area contributed by atoms with Crippen LogP contribution in [0.5, 0.6) is 0 Å². The Balaban J connectivity index is 3.08. The summed E-state index contributed by atoms with van der Waals surface area (Å²) in [6, 6.07) is 0. The first-order valence-electron chi connectivity index (χ1n) is 4.06. The molecule has 0 amide bonds. The summed E-state index contributed by atoms with van der Waals surface area (Å²) in [4.78, 5) is 15.1. The lowest BCUT2D eigenvalue weighted by Gasteiger charge is -2.15. The minimum atomic E-state index is -0.0900. The van der Waals surface area contributed by atoms with Gasteiger partial charge < -0.3 is 5.11 Å². The SMILES string of the molecule is CN=C1CCCC(O)=C1C(C)=O. The van der Waals surface area contributed by atoms with Gasteiger partial charge in [-0.1, -0.05) is 0 Å². The molecule has 0 aromatic rings. The second kappa shape index (κ2) is 3.52. The van der Waals surface area contributed by atoms with Gasteiger partial charge in [-0.05, 0) is 19.8 Å². The van der Waals surface area contributed by atoms with Crippen LogP contribution in [0.3, 0.4) is 0 Å². The van der Waals surface area contributed by atoms with E-state index in [1.807, 2.05) is 0 Å². The molecule has 1 rings (SSSR count). The lowest BCUT2D eigenvalue weighted by Crippen LogP contribution is -2.17. The molecule has 0 atom stereocenters. The van der Waals surface area contributed by atoms with Crippen LogP contribution in [-0.2, 0) is 4.79 Å². The van der Waals surface area contributed by atoms with Crippen molar-refractivity contribution in [2.45, 2.75) is 26.2 Å². The van der Waals surface area contributed by atoms with E-state index in [1.165, 1.54) is 6.92 Å². The minimum absolute atomic E-state index is 0.0900. The zero-order valence-electron chi connectivity index (χ0n) is 7.42. The Labute approximate surface area is 71.8 Å². The maximum absolute atomic E-state index is 11.1. The summed E-state index contributed by atoms with van der Waals surface area (Å²) in [7, 11) is 1.65. The molecule has 0 heterocycles. The first-order chi connectivity index (χ1) is 5.66. The van der Waals surface area contributed by atoms with Gasteiger partial charge in [0, 0.05) is 19.2 Å². The second-order valence-corrected chi connectivity index (χ2v) is 2.90. The first kappa shape index (κ1) is 8.97. The van der Waals surface area contributed by atoms with E-state index < -0.39 is 0 Å². The van der Waals surface area contributed by atoms with Crippen molar-refractivity contribution in [2.75, 3.05) is 7.05 Å². The standard InChI is InChI=1S/C9H13NO2/c1-6(11)9-7(10-2)4-3-5-8(9)12/h12H,3-5H2,1-2H3. The molecule has 0 aromatic carbocycles. The molecular formula is C9H13NO2. The summed E-state index contributed by atoms with van der Waals surface area (Å²) in [5.74, 6) is 0.113. The molecule has 3 nitrogen and oxygen atoms in total. The number of aliphatic hydroxyl groups is 1. The number of Topliss-reactive ketones (excluding diaryl/α,β-unsaturated/α-hetero) is 1. The predicted molar refractivity (Wildman–Crippen MR) is 47.5 cm³/mol. The lowest BCUT2D eigenvalue weighted by molar-refractivity contribution is -0.113. The van der Waals surface area contributed by atoms with Crippen molar-refractivity contribution in [1.29, 1.82) is 0 Å². The topological polar surface area (TPSA) is 49.7 Å². The van der Waals surface area contributed by atoms with E-state index in [0.29, 0.717) is 12.0 Å². The van der Waals surface area contributed by atoms with Gasteiger partial charge >= 0.3 is 0 Å². The number of allylic oxidation sites excluding steroid dienone is 2. The van der Waals surface area contributed by atoms with Gasteiger partial charge in [-0.25, -0.2) is 0 Å². The van der Waals surface area contributed by atoms with Gasteiger partial charge in [0.1, 0.15) is 5.76 Å². The minimum Gasteiger partial charge on any atom is -0.511 e. The second-order valence-electron chi connectivity index (χ2n) is 2.90. The number of carbonyl (C=O) groups excluding carboxylic acids is 1. The van der Waals surface area contributed by atoms with Gasteiger partial charge in [-0.2, -0.15) is 0 Å². The monoisotopic (exact) mass is 167 g/mol. The Morgan fingerprint density at radius 1 is 1.50 bits per heavy atom. The third-order valence-electron chi connectivity index (χ3n) is 2.03. The molecule has 0 aliphatic heterocycles. The summed E-state index contributed by atoms with van der Waals surface area (Å²) in [6.07, 6.45) is 2.29. The van der Waals surface area contributed by atoms with Gasteiger partial charge in [-0.3, -0.25) is 9.79 Å². The highest BCUT2D eigenvalue weighted by atomic mass is 16.3. The van der Waals surface area contributed by atoms with E-state index in [2.05, 4.69) is 4.99 Å². The maximum Gasteiger partial charge on any atom is 0.164 e. The quantitative estimate of drug-likeness (QED) is 0.645.